The maximum Gasteiger partial charge on any atom is 0.230 e. The molecular formula is C17H26N2OS. The Labute approximate surface area is 132 Å². The average molecular weight is 306 g/mol. The molecule has 0 bridgehead atoms. The molecule has 1 aliphatic heterocycles. The molecular weight excluding hydrogens is 280 g/mol. The molecule has 0 aromatic heterocycles. The highest BCUT2D eigenvalue weighted by molar-refractivity contribution is 7.98. The van der Waals surface area contributed by atoms with Gasteiger partial charge >= 0.3 is 0 Å². The fraction of sp³-hybridized carbons (Fsp3) is 0.588. The van der Waals surface area contributed by atoms with Crippen LogP contribution in [0.2, 0.25) is 0 Å². The predicted molar refractivity (Wildman–Crippen MR) is 89.5 cm³/mol. The van der Waals surface area contributed by atoms with Gasteiger partial charge in [-0.25, -0.2) is 0 Å². The van der Waals surface area contributed by atoms with Crippen molar-refractivity contribution < 1.29 is 4.79 Å². The first-order chi connectivity index (χ1) is 9.99. The Hall–Kier alpha value is -1.00. The number of nitrogens with one attached hydrogen (secondary N) is 1. The first kappa shape index (κ1) is 16.4. The van der Waals surface area contributed by atoms with Crippen molar-refractivity contribution in [3.05, 3.63) is 29.8 Å². The van der Waals surface area contributed by atoms with Gasteiger partial charge in [-0.3, -0.25) is 4.79 Å². The number of hydrogen-bond donors (Lipinski definition) is 1. The second-order valence-electron chi connectivity index (χ2n) is 6.25. The molecule has 1 aromatic rings. The molecule has 1 amide bonds. The Morgan fingerprint density at radius 2 is 2.05 bits per heavy atom. The van der Waals surface area contributed by atoms with Gasteiger partial charge in [0.1, 0.15) is 0 Å². The first-order valence-electron chi connectivity index (χ1n) is 7.59. The zero-order valence-electron chi connectivity index (χ0n) is 13.5. The van der Waals surface area contributed by atoms with E-state index in [0.717, 1.165) is 19.5 Å². The molecule has 1 atom stereocenters. The third kappa shape index (κ3) is 3.43. The van der Waals surface area contributed by atoms with Crippen molar-refractivity contribution in [1.82, 2.24) is 10.2 Å². The zero-order valence-corrected chi connectivity index (χ0v) is 14.3. The van der Waals surface area contributed by atoms with E-state index in [9.17, 15) is 4.79 Å². The number of rotatable bonds is 5. The van der Waals surface area contributed by atoms with E-state index in [1.807, 2.05) is 11.9 Å². The van der Waals surface area contributed by atoms with Crippen LogP contribution in [-0.2, 0) is 11.3 Å². The summed E-state index contributed by atoms with van der Waals surface area (Å²) in [7, 11) is 1.92. The summed E-state index contributed by atoms with van der Waals surface area (Å²) >= 11 is 1.74. The van der Waals surface area contributed by atoms with Crippen molar-refractivity contribution in [2.75, 3.05) is 26.4 Å². The average Bonchev–Trinajstić information content (AvgIpc) is 2.98. The van der Waals surface area contributed by atoms with Gasteiger partial charge in [-0.1, -0.05) is 26.0 Å². The van der Waals surface area contributed by atoms with Crippen LogP contribution in [0.1, 0.15) is 25.8 Å². The molecule has 1 aromatic carbocycles. The maximum absolute atomic E-state index is 12.9. The highest BCUT2D eigenvalue weighted by Gasteiger charge is 2.45. The third-order valence-corrected chi connectivity index (χ3v) is 5.39. The Bertz CT molecular complexity index is 478. The molecule has 1 heterocycles. The van der Waals surface area contributed by atoms with Gasteiger partial charge in [0.05, 0.1) is 5.41 Å². The predicted octanol–water partition coefficient (Wildman–Crippen LogP) is 3.00. The van der Waals surface area contributed by atoms with Crippen molar-refractivity contribution in [1.29, 1.82) is 0 Å². The number of carbonyl (C=O) groups is 1. The molecule has 116 valence electrons. The lowest BCUT2D eigenvalue weighted by atomic mass is 9.75. The summed E-state index contributed by atoms with van der Waals surface area (Å²) in [5.41, 5.74) is 0.960. The van der Waals surface area contributed by atoms with E-state index in [2.05, 4.69) is 49.7 Å². The molecule has 2 rings (SSSR count). The smallest absolute Gasteiger partial charge is 0.230 e. The monoisotopic (exact) mass is 306 g/mol. The van der Waals surface area contributed by atoms with Crippen LogP contribution in [-0.4, -0.2) is 37.2 Å². The first-order valence-corrected chi connectivity index (χ1v) is 8.81. The Morgan fingerprint density at radius 3 is 2.52 bits per heavy atom. The van der Waals surface area contributed by atoms with E-state index in [0.29, 0.717) is 12.5 Å². The van der Waals surface area contributed by atoms with Gasteiger partial charge in [0, 0.05) is 25.0 Å². The summed E-state index contributed by atoms with van der Waals surface area (Å²) in [6.07, 6.45) is 3.02. The molecule has 3 nitrogen and oxygen atoms in total. The lowest BCUT2D eigenvalue weighted by Gasteiger charge is -2.35. The van der Waals surface area contributed by atoms with Gasteiger partial charge in [-0.2, -0.15) is 0 Å². The molecule has 1 aliphatic rings. The number of carbonyl (C=O) groups excluding carboxylic acids is 1. The molecule has 0 saturated carbocycles. The minimum atomic E-state index is -0.228. The summed E-state index contributed by atoms with van der Waals surface area (Å²) in [6, 6.07) is 8.47. The van der Waals surface area contributed by atoms with Gasteiger partial charge in [-0.15, -0.1) is 11.8 Å². The standard InChI is InChI=1S/C17H26N2OS/c1-13(2)17(9-10-18-12-17)16(20)19(3)11-14-5-7-15(21-4)8-6-14/h5-8,13,18H,9-12H2,1-4H3. The summed E-state index contributed by atoms with van der Waals surface area (Å²) in [5.74, 6) is 0.637. The molecule has 1 saturated heterocycles. The van der Waals surface area contributed by atoms with E-state index < -0.39 is 0 Å². The number of nitrogens with zero attached hydrogens (tertiary/aromatic N) is 1. The van der Waals surface area contributed by atoms with Gasteiger partial charge < -0.3 is 10.2 Å². The molecule has 0 spiro atoms. The highest BCUT2D eigenvalue weighted by Crippen LogP contribution is 2.36. The molecule has 0 radical (unpaired) electrons. The van der Waals surface area contributed by atoms with E-state index in [1.54, 1.807) is 11.8 Å². The van der Waals surface area contributed by atoms with Gasteiger partial charge in [0.25, 0.3) is 0 Å². The number of hydrogen-bond acceptors (Lipinski definition) is 3. The molecule has 1 fully saturated rings. The highest BCUT2D eigenvalue weighted by atomic mass is 32.2. The van der Waals surface area contributed by atoms with E-state index in [1.165, 1.54) is 10.5 Å². The molecule has 21 heavy (non-hydrogen) atoms. The molecule has 4 heteroatoms. The second-order valence-corrected chi connectivity index (χ2v) is 7.13. The maximum atomic E-state index is 12.9. The summed E-state index contributed by atoms with van der Waals surface area (Å²) < 4.78 is 0. The van der Waals surface area contributed by atoms with Crippen molar-refractivity contribution in [3.8, 4) is 0 Å². The minimum Gasteiger partial charge on any atom is -0.341 e. The largest absolute Gasteiger partial charge is 0.341 e. The number of benzene rings is 1. The molecule has 1 N–H and O–H groups in total. The lowest BCUT2D eigenvalue weighted by Crippen LogP contribution is -2.46. The van der Waals surface area contributed by atoms with E-state index in [-0.39, 0.29) is 11.3 Å². The van der Waals surface area contributed by atoms with Crippen LogP contribution in [0.4, 0.5) is 0 Å². The van der Waals surface area contributed by atoms with Crippen LogP contribution in [0.5, 0.6) is 0 Å². The van der Waals surface area contributed by atoms with Crippen LogP contribution in [0.25, 0.3) is 0 Å². The second kappa shape index (κ2) is 6.84. The van der Waals surface area contributed by atoms with Crippen LogP contribution < -0.4 is 5.32 Å². The van der Waals surface area contributed by atoms with Crippen LogP contribution in [0.3, 0.4) is 0 Å². The normalized spacial score (nSPS) is 21.8. The van der Waals surface area contributed by atoms with Crippen molar-refractivity contribution in [2.24, 2.45) is 11.3 Å². The zero-order chi connectivity index (χ0) is 15.5. The number of amides is 1. The van der Waals surface area contributed by atoms with Crippen molar-refractivity contribution in [2.45, 2.75) is 31.7 Å². The van der Waals surface area contributed by atoms with E-state index in [4.69, 9.17) is 0 Å². The fourth-order valence-corrected chi connectivity index (χ4v) is 3.50. The summed E-state index contributed by atoms with van der Waals surface area (Å²) in [4.78, 5) is 16.1. The van der Waals surface area contributed by atoms with E-state index >= 15 is 0 Å². The lowest BCUT2D eigenvalue weighted by molar-refractivity contribution is -0.142. The Kier molecular flexibility index (Phi) is 5.33. The Balaban J connectivity index is 2.07. The quantitative estimate of drug-likeness (QED) is 0.849. The van der Waals surface area contributed by atoms with Gasteiger partial charge in [-0.05, 0) is 42.8 Å². The SMILES string of the molecule is CSc1ccc(CN(C)C(=O)C2(C(C)C)CCNC2)cc1. The van der Waals surface area contributed by atoms with Gasteiger partial charge in [0.2, 0.25) is 5.91 Å². The Morgan fingerprint density at radius 1 is 1.38 bits per heavy atom. The topological polar surface area (TPSA) is 32.3 Å². The summed E-state index contributed by atoms with van der Waals surface area (Å²) in [6.45, 7) is 6.75. The van der Waals surface area contributed by atoms with Crippen LogP contribution in [0, 0.1) is 11.3 Å². The fourth-order valence-electron chi connectivity index (χ4n) is 3.09. The summed E-state index contributed by atoms with van der Waals surface area (Å²) in [5, 5.41) is 3.36. The van der Waals surface area contributed by atoms with Crippen molar-refractivity contribution >= 4 is 17.7 Å². The third-order valence-electron chi connectivity index (χ3n) is 4.64. The molecule has 0 aliphatic carbocycles. The number of thioether (sulfide) groups is 1. The minimum absolute atomic E-state index is 0.228. The van der Waals surface area contributed by atoms with Crippen molar-refractivity contribution in [3.63, 3.8) is 0 Å². The van der Waals surface area contributed by atoms with Gasteiger partial charge in [0.15, 0.2) is 0 Å². The molecule has 1 unspecified atom stereocenters. The van der Waals surface area contributed by atoms with Crippen LogP contribution >= 0.6 is 11.8 Å². The van der Waals surface area contributed by atoms with Crippen LogP contribution in [0.15, 0.2) is 29.2 Å².